The highest BCUT2D eigenvalue weighted by molar-refractivity contribution is 5.96. The molecule has 0 aromatic heterocycles. The molecule has 0 bridgehead atoms. The van der Waals surface area contributed by atoms with Gasteiger partial charge in [0.2, 0.25) is 11.8 Å². The summed E-state index contributed by atoms with van der Waals surface area (Å²) in [6.07, 6.45) is 2.23. The third kappa shape index (κ3) is 3.00. The molecule has 2 unspecified atom stereocenters. The van der Waals surface area contributed by atoms with Crippen LogP contribution in [0.3, 0.4) is 0 Å². The molecular formula is C16H22N2O2. The molecule has 2 rings (SSSR count). The molecule has 1 aliphatic rings. The lowest BCUT2D eigenvalue weighted by Crippen LogP contribution is -2.62. The molecule has 1 N–H and O–H groups in total. The van der Waals surface area contributed by atoms with Crippen LogP contribution in [0.1, 0.15) is 38.7 Å². The van der Waals surface area contributed by atoms with Crippen molar-refractivity contribution in [3.05, 3.63) is 35.9 Å². The van der Waals surface area contributed by atoms with E-state index in [-0.39, 0.29) is 23.9 Å². The molecule has 4 heteroatoms. The maximum absolute atomic E-state index is 12.5. The van der Waals surface area contributed by atoms with Crippen LogP contribution in [0.15, 0.2) is 30.3 Å². The number of hydrogen-bond acceptors (Lipinski definition) is 2. The van der Waals surface area contributed by atoms with E-state index in [2.05, 4.69) is 5.32 Å². The van der Waals surface area contributed by atoms with Crippen molar-refractivity contribution in [3.63, 3.8) is 0 Å². The predicted molar refractivity (Wildman–Crippen MR) is 77.9 cm³/mol. The third-order valence-corrected chi connectivity index (χ3v) is 3.74. The number of rotatable bonds is 5. The van der Waals surface area contributed by atoms with Gasteiger partial charge in [-0.05, 0) is 18.4 Å². The second kappa shape index (κ2) is 6.55. The van der Waals surface area contributed by atoms with Gasteiger partial charge in [-0.25, -0.2) is 0 Å². The summed E-state index contributed by atoms with van der Waals surface area (Å²) >= 11 is 0. The fourth-order valence-corrected chi connectivity index (χ4v) is 2.63. The lowest BCUT2D eigenvalue weighted by atomic mass is 10.0. The fourth-order valence-electron chi connectivity index (χ4n) is 2.63. The summed E-state index contributed by atoms with van der Waals surface area (Å²) < 4.78 is 0. The minimum absolute atomic E-state index is 0.0192. The number of piperazine rings is 1. The molecule has 1 aliphatic heterocycles. The summed E-state index contributed by atoms with van der Waals surface area (Å²) in [5, 5.41) is 2.84. The minimum Gasteiger partial charge on any atom is -0.343 e. The fraction of sp³-hybridized carbons (Fsp3) is 0.500. The highest BCUT2D eigenvalue weighted by Crippen LogP contribution is 2.19. The molecule has 1 aromatic rings. The van der Waals surface area contributed by atoms with Gasteiger partial charge in [0, 0.05) is 6.54 Å². The van der Waals surface area contributed by atoms with Gasteiger partial charge in [0.05, 0.1) is 0 Å². The van der Waals surface area contributed by atoms with Gasteiger partial charge in [-0.2, -0.15) is 0 Å². The summed E-state index contributed by atoms with van der Waals surface area (Å²) in [6.45, 7) is 4.46. The minimum atomic E-state index is -0.376. The molecule has 0 spiro atoms. The van der Waals surface area contributed by atoms with Crippen LogP contribution in [-0.2, 0) is 16.1 Å². The van der Waals surface area contributed by atoms with Crippen LogP contribution in [-0.4, -0.2) is 28.8 Å². The second-order valence-corrected chi connectivity index (χ2v) is 5.23. The first-order valence-electron chi connectivity index (χ1n) is 7.32. The van der Waals surface area contributed by atoms with Crippen molar-refractivity contribution in [3.8, 4) is 0 Å². The first kappa shape index (κ1) is 14.6. The zero-order valence-corrected chi connectivity index (χ0v) is 12.1. The van der Waals surface area contributed by atoms with Gasteiger partial charge in [-0.15, -0.1) is 0 Å². The Bertz CT molecular complexity index is 473. The van der Waals surface area contributed by atoms with E-state index in [0.717, 1.165) is 12.0 Å². The molecule has 0 radical (unpaired) electrons. The molecule has 1 saturated heterocycles. The summed E-state index contributed by atoms with van der Waals surface area (Å²) in [4.78, 5) is 26.4. The summed E-state index contributed by atoms with van der Waals surface area (Å²) in [5.74, 6) is 0.0173. The molecular weight excluding hydrogens is 252 g/mol. The topological polar surface area (TPSA) is 49.4 Å². The number of carbonyl (C=O) groups is 2. The van der Waals surface area contributed by atoms with Crippen LogP contribution in [0.4, 0.5) is 0 Å². The molecule has 0 aliphatic carbocycles. The van der Waals surface area contributed by atoms with Crippen LogP contribution >= 0.6 is 0 Å². The predicted octanol–water partition coefficient (Wildman–Crippen LogP) is 2.09. The Hall–Kier alpha value is -1.84. The summed E-state index contributed by atoms with van der Waals surface area (Å²) in [5.41, 5.74) is 1.06. The molecule has 1 heterocycles. The normalized spacial score (nSPS) is 22.8. The Kier molecular flexibility index (Phi) is 4.77. The van der Waals surface area contributed by atoms with Crippen LogP contribution in [0.5, 0.6) is 0 Å². The quantitative estimate of drug-likeness (QED) is 0.894. The number of nitrogens with one attached hydrogen (secondary N) is 1. The zero-order valence-electron chi connectivity index (χ0n) is 12.1. The maximum Gasteiger partial charge on any atom is 0.246 e. The maximum atomic E-state index is 12.5. The van der Waals surface area contributed by atoms with E-state index in [1.165, 1.54) is 0 Å². The Morgan fingerprint density at radius 3 is 2.45 bits per heavy atom. The van der Waals surface area contributed by atoms with Crippen molar-refractivity contribution in [1.82, 2.24) is 10.2 Å². The molecule has 1 fully saturated rings. The Balaban J connectivity index is 2.22. The molecule has 4 nitrogen and oxygen atoms in total. The number of carbonyl (C=O) groups excluding carboxylic acids is 2. The number of hydrogen-bond donors (Lipinski definition) is 1. The van der Waals surface area contributed by atoms with Gasteiger partial charge >= 0.3 is 0 Å². The highest BCUT2D eigenvalue weighted by Gasteiger charge is 2.38. The van der Waals surface area contributed by atoms with E-state index in [9.17, 15) is 9.59 Å². The molecule has 108 valence electrons. The van der Waals surface area contributed by atoms with Gasteiger partial charge in [0.1, 0.15) is 12.1 Å². The molecule has 1 aromatic carbocycles. The van der Waals surface area contributed by atoms with Gasteiger partial charge in [0.25, 0.3) is 0 Å². The van der Waals surface area contributed by atoms with Gasteiger partial charge in [0.15, 0.2) is 0 Å². The van der Waals surface area contributed by atoms with Gasteiger partial charge < -0.3 is 10.2 Å². The monoisotopic (exact) mass is 274 g/mol. The van der Waals surface area contributed by atoms with Crippen LogP contribution < -0.4 is 5.32 Å². The first-order valence-corrected chi connectivity index (χ1v) is 7.32. The lowest BCUT2D eigenvalue weighted by molar-refractivity contribution is -0.150. The number of amides is 2. The first-order chi connectivity index (χ1) is 9.67. The van der Waals surface area contributed by atoms with Crippen molar-refractivity contribution in [2.24, 2.45) is 0 Å². The molecule has 2 amide bonds. The molecule has 20 heavy (non-hydrogen) atoms. The third-order valence-electron chi connectivity index (χ3n) is 3.74. The Labute approximate surface area is 120 Å². The van der Waals surface area contributed by atoms with E-state index in [1.54, 1.807) is 4.90 Å². The van der Waals surface area contributed by atoms with Crippen molar-refractivity contribution in [1.29, 1.82) is 0 Å². The Morgan fingerprint density at radius 2 is 1.85 bits per heavy atom. The second-order valence-electron chi connectivity index (χ2n) is 5.23. The molecule has 0 saturated carbocycles. The van der Waals surface area contributed by atoms with E-state index >= 15 is 0 Å². The smallest absolute Gasteiger partial charge is 0.246 e. The number of nitrogens with zero attached hydrogens (tertiary/aromatic N) is 1. The zero-order chi connectivity index (χ0) is 14.5. The Morgan fingerprint density at radius 1 is 1.15 bits per heavy atom. The summed E-state index contributed by atoms with van der Waals surface area (Å²) in [6, 6.07) is 9.13. The standard InChI is InChI=1S/C16H22N2O2/c1-3-8-14-15(19)17-13(4-2)16(20)18(14)11-12-9-6-5-7-10-12/h5-7,9-10,13-14H,3-4,8,11H2,1-2H3,(H,17,19). The van der Waals surface area contributed by atoms with Crippen molar-refractivity contribution in [2.45, 2.75) is 51.7 Å². The number of benzene rings is 1. The van der Waals surface area contributed by atoms with E-state index < -0.39 is 0 Å². The van der Waals surface area contributed by atoms with Crippen LogP contribution in [0.25, 0.3) is 0 Å². The van der Waals surface area contributed by atoms with Crippen molar-refractivity contribution < 1.29 is 9.59 Å². The van der Waals surface area contributed by atoms with Gasteiger partial charge in [-0.3, -0.25) is 9.59 Å². The van der Waals surface area contributed by atoms with E-state index in [4.69, 9.17) is 0 Å². The summed E-state index contributed by atoms with van der Waals surface area (Å²) in [7, 11) is 0. The lowest BCUT2D eigenvalue weighted by Gasteiger charge is -2.38. The van der Waals surface area contributed by atoms with Gasteiger partial charge in [-0.1, -0.05) is 50.6 Å². The SMILES string of the molecule is CCCC1C(=O)NC(CC)C(=O)N1Cc1ccccc1. The molecule has 2 atom stereocenters. The largest absolute Gasteiger partial charge is 0.343 e. The van der Waals surface area contributed by atoms with Crippen LogP contribution in [0.2, 0.25) is 0 Å². The average molecular weight is 274 g/mol. The highest BCUT2D eigenvalue weighted by atomic mass is 16.2. The average Bonchev–Trinajstić information content (AvgIpc) is 2.47. The van der Waals surface area contributed by atoms with Crippen LogP contribution in [0, 0.1) is 0 Å². The van der Waals surface area contributed by atoms with E-state index in [1.807, 2.05) is 44.2 Å². The van der Waals surface area contributed by atoms with Crippen molar-refractivity contribution >= 4 is 11.8 Å². The van der Waals surface area contributed by atoms with E-state index in [0.29, 0.717) is 19.4 Å². The van der Waals surface area contributed by atoms with Crippen molar-refractivity contribution in [2.75, 3.05) is 0 Å².